The predicted molar refractivity (Wildman–Crippen MR) is 106 cm³/mol. The number of para-hydroxylation sites is 1. The molecule has 0 spiro atoms. The summed E-state index contributed by atoms with van der Waals surface area (Å²) >= 11 is 0. The summed E-state index contributed by atoms with van der Waals surface area (Å²) in [5.41, 5.74) is 1.63. The number of nitrogens with zero attached hydrogens (tertiary/aromatic N) is 2. The third-order valence-corrected chi connectivity index (χ3v) is 5.94. The standard InChI is InChI=1S/C20H24N2O5S/c1-4-22(17-8-6-5-7-9-17)19(23)15-27-20(24)14-21(3)28(25,26)18-12-10-16(2)11-13-18/h5-13H,4,14-15H2,1-3H3. The van der Waals surface area contributed by atoms with Gasteiger partial charge >= 0.3 is 5.97 Å². The zero-order valence-electron chi connectivity index (χ0n) is 16.2. The molecule has 0 aliphatic carbocycles. The van der Waals surface area contributed by atoms with E-state index in [0.717, 1.165) is 9.87 Å². The van der Waals surface area contributed by atoms with Gasteiger partial charge in [-0.3, -0.25) is 9.59 Å². The van der Waals surface area contributed by atoms with Crippen molar-refractivity contribution in [3.63, 3.8) is 0 Å². The van der Waals surface area contributed by atoms with Gasteiger partial charge in [-0.1, -0.05) is 35.9 Å². The van der Waals surface area contributed by atoms with Gasteiger partial charge in [0.25, 0.3) is 5.91 Å². The molecule has 0 radical (unpaired) electrons. The number of esters is 1. The quantitative estimate of drug-likeness (QED) is 0.630. The van der Waals surface area contributed by atoms with Crippen LogP contribution < -0.4 is 4.90 Å². The third kappa shape index (κ3) is 5.40. The molecular formula is C20H24N2O5S. The molecule has 0 aliphatic rings. The van der Waals surface area contributed by atoms with Gasteiger partial charge in [-0.05, 0) is 38.1 Å². The Morgan fingerprint density at radius 2 is 1.61 bits per heavy atom. The molecule has 150 valence electrons. The Bertz CT molecular complexity index is 911. The highest BCUT2D eigenvalue weighted by molar-refractivity contribution is 7.89. The van der Waals surface area contributed by atoms with Crippen molar-refractivity contribution in [2.45, 2.75) is 18.7 Å². The van der Waals surface area contributed by atoms with Gasteiger partial charge in [0.05, 0.1) is 4.90 Å². The van der Waals surface area contributed by atoms with Gasteiger partial charge in [0, 0.05) is 19.3 Å². The number of carbonyl (C=O) groups excluding carboxylic acids is 2. The summed E-state index contributed by atoms with van der Waals surface area (Å²) in [6.07, 6.45) is 0. The number of aryl methyl sites for hydroxylation is 1. The average molecular weight is 404 g/mol. The fraction of sp³-hybridized carbons (Fsp3) is 0.300. The maximum atomic E-state index is 12.5. The Morgan fingerprint density at radius 1 is 1.00 bits per heavy atom. The number of anilines is 1. The van der Waals surface area contributed by atoms with Gasteiger partial charge in [0.1, 0.15) is 6.54 Å². The summed E-state index contributed by atoms with van der Waals surface area (Å²) in [7, 11) is -2.52. The van der Waals surface area contributed by atoms with Crippen LogP contribution in [0.1, 0.15) is 12.5 Å². The Kier molecular flexibility index (Phi) is 7.31. The van der Waals surface area contributed by atoms with Crippen LogP contribution in [0.2, 0.25) is 0 Å². The van der Waals surface area contributed by atoms with Crippen molar-refractivity contribution in [1.82, 2.24) is 4.31 Å². The van der Waals surface area contributed by atoms with Crippen LogP contribution >= 0.6 is 0 Å². The molecule has 0 aromatic heterocycles. The highest BCUT2D eigenvalue weighted by atomic mass is 32.2. The number of likely N-dealkylation sites (N-methyl/N-ethyl adjacent to an activating group) is 2. The number of amides is 1. The van der Waals surface area contributed by atoms with Crippen LogP contribution in [0, 0.1) is 6.92 Å². The fourth-order valence-corrected chi connectivity index (χ4v) is 3.65. The van der Waals surface area contributed by atoms with E-state index in [0.29, 0.717) is 12.2 Å². The first-order valence-corrected chi connectivity index (χ1v) is 10.2. The second-order valence-electron chi connectivity index (χ2n) is 6.21. The van der Waals surface area contributed by atoms with Crippen molar-refractivity contribution in [3.05, 3.63) is 60.2 Å². The highest BCUT2D eigenvalue weighted by Gasteiger charge is 2.24. The SMILES string of the molecule is CCN(C(=O)COC(=O)CN(C)S(=O)(=O)c1ccc(C)cc1)c1ccccc1. The Balaban J connectivity index is 1.94. The molecule has 0 bridgehead atoms. The molecule has 0 unspecified atom stereocenters. The number of ether oxygens (including phenoxy) is 1. The van der Waals surface area contributed by atoms with E-state index in [2.05, 4.69) is 0 Å². The van der Waals surface area contributed by atoms with Crippen molar-refractivity contribution in [2.75, 3.05) is 31.6 Å². The lowest BCUT2D eigenvalue weighted by Crippen LogP contribution is -2.37. The summed E-state index contributed by atoms with van der Waals surface area (Å²) < 4.78 is 30.9. The molecule has 0 saturated heterocycles. The lowest BCUT2D eigenvalue weighted by molar-refractivity contribution is -0.147. The second kappa shape index (κ2) is 9.48. The first-order valence-electron chi connectivity index (χ1n) is 8.79. The maximum Gasteiger partial charge on any atom is 0.321 e. The van der Waals surface area contributed by atoms with Crippen molar-refractivity contribution in [3.8, 4) is 0 Å². The van der Waals surface area contributed by atoms with Crippen molar-refractivity contribution in [2.24, 2.45) is 0 Å². The molecule has 2 rings (SSSR count). The Morgan fingerprint density at radius 3 is 2.18 bits per heavy atom. The number of rotatable bonds is 8. The highest BCUT2D eigenvalue weighted by Crippen LogP contribution is 2.15. The minimum atomic E-state index is -3.82. The van der Waals surface area contributed by atoms with Crippen molar-refractivity contribution < 1.29 is 22.7 Å². The maximum absolute atomic E-state index is 12.5. The summed E-state index contributed by atoms with van der Waals surface area (Å²) in [6, 6.07) is 15.3. The zero-order chi connectivity index (χ0) is 20.7. The van der Waals surface area contributed by atoms with Gasteiger partial charge in [0.2, 0.25) is 10.0 Å². The van der Waals surface area contributed by atoms with Crippen molar-refractivity contribution in [1.29, 1.82) is 0 Å². The Labute approximate surface area is 165 Å². The molecule has 8 heteroatoms. The normalized spacial score (nSPS) is 11.3. The minimum absolute atomic E-state index is 0.0886. The molecule has 0 saturated carbocycles. The van der Waals surface area contributed by atoms with Gasteiger partial charge in [0.15, 0.2) is 6.61 Å². The van der Waals surface area contributed by atoms with Gasteiger partial charge < -0.3 is 9.64 Å². The molecule has 2 aromatic rings. The van der Waals surface area contributed by atoms with E-state index in [1.165, 1.54) is 24.1 Å². The lowest BCUT2D eigenvalue weighted by atomic mass is 10.2. The molecule has 7 nitrogen and oxygen atoms in total. The van der Waals surface area contributed by atoms with Crippen LogP contribution in [0.15, 0.2) is 59.5 Å². The first kappa shape index (κ1) is 21.6. The minimum Gasteiger partial charge on any atom is -0.455 e. The van der Waals surface area contributed by atoms with Crippen LogP contribution in [0.3, 0.4) is 0 Å². The number of carbonyl (C=O) groups is 2. The first-order chi connectivity index (χ1) is 13.3. The van der Waals surface area contributed by atoms with Crippen LogP contribution in [-0.2, 0) is 24.3 Å². The van der Waals surface area contributed by atoms with Crippen LogP contribution in [0.4, 0.5) is 5.69 Å². The monoisotopic (exact) mass is 404 g/mol. The van der Waals surface area contributed by atoms with E-state index in [4.69, 9.17) is 4.74 Å². The van der Waals surface area contributed by atoms with Crippen LogP contribution in [0.25, 0.3) is 0 Å². The summed E-state index contributed by atoms with van der Waals surface area (Å²) in [5, 5.41) is 0. The van der Waals surface area contributed by atoms with Crippen molar-refractivity contribution >= 4 is 27.6 Å². The molecule has 2 aromatic carbocycles. The third-order valence-electron chi connectivity index (χ3n) is 4.12. The summed E-state index contributed by atoms with van der Waals surface area (Å²) in [6.45, 7) is 3.14. The molecule has 0 heterocycles. The molecule has 0 aliphatic heterocycles. The molecule has 1 amide bonds. The van der Waals surface area contributed by atoms with Gasteiger partial charge in [-0.25, -0.2) is 8.42 Å². The molecule has 0 N–H and O–H groups in total. The number of sulfonamides is 1. The largest absolute Gasteiger partial charge is 0.455 e. The fourth-order valence-electron chi connectivity index (χ4n) is 2.53. The molecule has 0 fully saturated rings. The van der Waals surface area contributed by atoms with E-state index in [1.54, 1.807) is 24.3 Å². The number of hydrogen-bond acceptors (Lipinski definition) is 5. The van der Waals surface area contributed by atoms with E-state index in [-0.39, 0.29) is 10.8 Å². The number of benzene rings is 2. The molecule has 28 heavy (non-hydrogen) atoms. The summed E-state index contributed by atoms with van der Waals surface area (Å²) in [5.74, 6) is -1.18. The van der Waals surface area contributed by atoms with Gasteiger partial charge in [-0.2, -0.15) is 4.31 Å². The van der Waals surface area contributed by atoms with E-state index in [1.807, 2.05) is 32.0 Å². The molecular weight excluding hydrogens is 380 g/mol. The van der Waals surface area contributed by atoms with Gasteiger partial charge in [-0.15, -0.1) is 0 Å². The van der Waals surface area contributed by atoms with E-state index >= 15 is 0 Å². The second-order valence-corrected chi connectivity index (χ2v) is 8.25. The molecule has 0 atom stereocenters. The summed E-state index contributed by atoms with van der Waals surface area (Å²) in [4.78, 5) is 25.9. The van der Waals surface area contributed by atoms with E-state index < -0.39 is 29.1 Å². The number of hydrogen-bond donors (Lipinski definition) is 0. The Hall–Kier alpha value is -2.71. The predicted octanol–water partition coefficient (Wildman–Crippen LogP) is 2.21. The van der Waals surface area contributed by atoms with Crippen LogP contribution in [-0.4, -0.2) is 51.3 Å². The topological polar surface area (TPSA) is 84.0 Å². The lowest BCUT2D eigenvalue weighted by Gasteiger charge is -2.21. The van der Waals surface area contributed by atoms with Crippen LogP contribution in [0.5, 0.6) is 0 Å². The smallest absolute Gasteiger partial charge is 0.321 e. The average Bonchev–Trinajstić information content (AvgIpc) is 2.68. The zero-order valence-corrected chi connectivity index (χ0v) is 17.0. The van der Waals surface area contributed by atoms with E-state index in [9.17, 15) is 18.0 Å².